The van der Waals surface area contributed by atoms with Gasteiger partial charge >= 0.3 is 0 Å². The van der Waals surface area contributed by atoms with Crippen LogP contribution in [-0.2, 0) is 9.59 Å². The summed E-state index contributed by atoms with van der Waals surface area (Å²) in [5, 5.41) is -0.879. The van der Waals surface area contributed by atoms with Crippen LogP contribution in [0.1, 0.15) is 12.8 Å². The van der Waals surface area contributed by atoms with E-state index in [4.69, 9.17) is 23.2 Å². The molecule has 2 nitrogen and oxygen atoms in total. The molecule has 1 aliphatic carbocycles. The van der Waals surface area contributed by atoms with Crippen molar-refractivity contribution in [1.29, 1.82) is 0 Å². The number of carbonyl (C=O) groups is 2. The van der Waals surface area contributed by atoms with Gasteiger partial charge in [-0.1, -0.05) is 0 Å². The Bertz CT molecular complexity index is 159. The Morgan fingerprint density at radius 2 is 1.30 bits per heavy atom. The molecule has 10 heavy (non-hydrogen) atoms. The SMILES string of the molecule is O=C(Cl)[C@H]1CC[C@H]1C(=O)Cl. The van der Waals surface area contributed by atoms with E-state index in [1.54, 1.807) is 0 Å². The zero-order chi connectivity index (χ0) is 7.72. The van der Waals surface area contributed by atoms with Crippen molar-refractivity contribution in [1.82, 2.24) is 0 Å². The first-order chi connectivity index (χ1) is 4.63. The third-order valence-corrected chi connectivity index (χ3v) is 2.42. The van der Waals surface area contributed by atoms with Crippen LogP contribution in [0.2, 0.25) is 0 Å². The molecule has 1 saturated carbocycles. The van der Waals surface area contributed by atoms with E-state index in [2.05, 4.69) is 0 Å². The van der Waals surface area contributed by atoms with Gasteiger partial charge in [-0.05, 0) is 36.0 Å². The Balaban J connectivity index is 2.51. The predicted octanol–water partition coefficient (Wildman–Crippen LogP) is 1.54. The highest BCUT2D eigenvalue weighted by atomic mass is 35.5. The van der Waals surface area contributed by atoms with Crippen LogP contribution in [0.5, 0.6) is 0 Å². The van der Waals surface area contributed by atoms with E-state index < -0.39 is 10.5 Å². The summed E-state index contributed by atoms with van der Waals surface area (Å²) in [7, 11) is 0. The number of rotatable bonds is 2. The van der Waals surface area contributed by atoms with Crippen molar-refractivity contribution in [2.24, 2.45) is 11.8 Å². The molecule has 0 aromatic rings. The maximum Gasteiger partial charge on any atom is 0.225 e. The van der Waals surface area contributed by atoms with Crippen LogP contribution in [0, 0.1) is 11.8 Å². The van der Waals surface area contributed by atoms with Gasteiger partial charge in [0.1, 0.15) is 0 Å². The average Bonchev–Trinajstić information content (AvgIpc) is 1.56. The zero-order valence-corrected chi connectivity index (χ0v) is 6.65. The van der Waals surface area contributed by atoms with Gasteiger partial charge in [0, 0.05) is 11.8 Å². The maximum absolute atomic E-state index is 10.5. The molecule has 0 heterocycles. The van der Waals surface area contributed by atoms with Crippen molar-refractivity contribution < 1.29 is 9.59 Å². The summed E-state index contributed by atoms with van der Waals surface area (Å²) in [6, 6.07) is 0. The lowest BCUT2D eigenvalue weighted by Crippen LogP contribution is -2.34. The lowest BCUT2D eigenvalue weighted by atomic mass is 9.75. The Labute approximate surface area is 68.5 Å². The predicted molar refractivity (Wildman–Crippen MR) is 37.9 cm³/mol. The zero-order valence-electron chi connectivity index (χ0n) is 5.14. The Morgan fingerprint density at radius 1 is 1.00 bits per heavy atom. The first-order valence-electron chi connectivity index (χ1n) is 3.01. The standard InChI is InChI=1S/C6H6Cl2O2/c7-5(9)3-1-2-4(3)6(8)10/h3-4H,1-2H2/t3-,4+. The molecular weight excluding hydrogens is 175 g/mol. The molecule has 0 saturated heterocycles. The highest BCUT2D eigenvalue weighted by Crippen LogP contribution is 2.37. The van der Waals surface area contributed by atoms with E-state index in [1.165, 1.54) is 0 Å². The molecule has 0 bridgehead atoms. The number of halogens is 2. The molecule has 1 aliphatic rings. The fourth-order valence-electron chi connectivity index (χ4n) is 1.04. The fraction of sp³-hybridized carbons (Fsp3) is 0.667. The van der Waals surface area contributed by atoms with Crippen LogP contribution >= 0.6 is 23.2 Å². The van der Waals surface area contributed by atoms with E-state index in [9.17, 15) is 9.59 Å². The van der Waals surface area contributed by atoms with Crippen molar-refractivity contribution in [3.05, 3.63) is 0 Å². The highest BCUT2D eigenvalue weighted by molar-refractivity contribution is 6.67. The van der Waals surface area contributed by atoms with Gasteiger partial charge in [-0.3, -0.25) is 9.59 Å². The molecule has 1 rings (SSSR count). The van der Waals surface area contributed by atoms with E-state index in [-0.39, 0.29) is 11.8 Å². The number of hydrogen-bond acceptors (Lipinski definition) is 2. The summed E-state index contributed by atoms with van der Waals surface area (Å²) in [6.45, 7) is 0. The normalized spacial score (nSPS) is 31.0. The third-order valence-electron chi connectivity index (χ3n) is 1.86. The van der Waals surface area contributed by atoms with E-state index in [1.807, 2.05) is 0 Å². The maximum atomic E-state index is 10.5. The molecule has 1 fully saturated rings. The summed E-state index contributed by atoms with van der Waals surface area (Å²) in [6.07, 6.45) is 1.40. The molecular formula is C6H6Cl2O2. The van der Waals surface area contributed by atoms with Crippen LogP contribution in [0.15, 0.2) is 0 Å². The summed E-state index contributed by atoms with van der Waals surface area (Å²) in [5.41, 5.74) is 0. The van der Waals surface area contributed by atoms with Gasteiger partial charge in [0.2, 0.25) is 10.5 Å². The fourth-order valence-corrected chi connectivity index (χ4v) is 1.57. The summed E-state index contributed by atoms with van der Waals surface area (Å²) in [5.74, 6) is -0.627. The topological polar surface area (TPSA) is 34.1 Å². The summed E-state index contributed by atoms with van der Waals surface area (Å²) >= 11 is 10.3. The van der Waals surface area contributed by atoms with Crippen LogP contribution < -0.4 is 0 Å². The molecule has 56 valence electrons. The molecule has 0 aromatic carbocycles. The Hall–Kier alpha value is -0.0800. The molecule has 2 atom stereocenters. The van der Waals surface area contributed by atoms with Gasteiger partial charge in [-0.15, -0.1) is 0 Å². The minimum atomic E-state index is -0.440. The molecule has 0 spiro atoms. The van der Waals surface area contributed by atoms with Gasteiger partial charge < -0.3 is 0 Å². The molecule has 0 aromatic heterocycles. The number of hydrogen-bond donors (Lipinski definition) is 0. The largest absolute Gasteiger partial charge is 0.281 e. The second-order valence-electron chi connectivity index (χ2n) is 2.40. The van der Waals surface area contributed by atoms with Crippen molar-refractivity contribution in [2.75, 3.05) is 0 Å². The van der Waals surface area contributed by atoms with Crippen molar-refractivity contribution in [2.45, 2.75) is 12.8 Å². The number of carbonyl (C=O) groups excluding carboxylic acids is 2. The summed E-state index contributed by atoms with van der Waals surface area (Å²) in [4.78, 5) is 21.0. The van der Waals surface area contributed by atoms with Crippen LogP contribution in [0.25, 0.3) is 0 Å². The van der Waals surface area contributed by atoms with E-state index >= 15 is 0 Å². The second kappa shape index (κ2) is 2.89. The van der Waals surface area contributed by atoms with Gasteiger partial charge in [0.25, 0.3) is 0 Å². The smallest absolute Gasteiger partial charge is 0.225 e. The minimum Gasteiger partial charge on any atom is -0.281 e. The van der Waals surface area contributed by atoms with Crippen LogP contribution in [-0.4, -0.2) is 10.5 Å². The molecule has 4 heteroatoms. The molecule has 0 amide bonds. The second-order valence-corrected chi connectivity index (χ2v) is 3.14. The first-order valence-corrected chi connectivity index (χ1v) is 3.77. The van der Waals surface area contributed by atoms with Gasteiger partial charge in [-0.2, -0.15) is 0 Å². The third kappa shape index (κ3) is 1.32. The van der Waals surface area contributed by atoms with E-state index in [0.717, 1.165) is 0 Å². The Morgan fingerprint density at radius 3 is 1.40 bits per heavy atom. The lowest BCUT2D eigenvalue weighted by Gasteiger charge is -2.30. The quantitative estimate of drug-likeness (QED) is 0.605. The molecule has 0 radical (unpaired) electrons. The van der Waals surface area contributed by atoms with Gasteiger partial charge in [0.05, 0.1) is 0 Å². The minimum absolute atomic E-state index is 0.313. The average molecular weight is 181 g/mol. The van der Waals surface area contributed by atoms with Gasteiger partial charge in [0.15, 0.2) is 0 Å². The van der Waals surface area contributed by atoms with Crippen molar-refractivity contribution >= 4 is 33.7 Å². The van der Waals surface area contributed by atoms with Gasteiger partial charge in [-0.25, -0.2) is 0 Å². The lowest BCUT2D eigenvalue weighted by molar-refractivity contribution is -0.128. The van der Waals surface area contributed by atoms with E-state index in [0.29, 0.717) is 12.8 Å². The molecule has 0 N–H and O–H groups in total. The molecule has 0 aliphatic heterocycles. The van der Waals surface area contributed by atoms with Crippen LogP contribution in [0.3, 0.4) is 0 Å². The van der Waals surface area contributed by atoms with Crippen LogP contribution in [0.4, 0.5) is 0 Å². The van der Waals surface area contributed by atoms with Crippen molar-refractivity contribution in [3.63, 3.8) is 0 Å². The molecule has 0 unspecified atom stereocenters. The highest BCUT2D eigenvalue weighted by Gasteiger charge is 2.39. The monoisotopic (exact) mass is 180 g/mol. The first kappa shape index (κ1) is 8.02. The van der Waals surface area contributed by atoms with Crippen molar-refractivity contribution in [3.8, 4) is 0 Å². The summed E-state index contributed by atoms with van der Waals surface area (Å²) < 4.78 is 0. The Kier molecular flexibility index (Phi) is 2.32.